The molecule has 1 aromatic heterocycles. The van der Waals surface area contributed by atoms with Gasteiger partial charge in [0.05, 0.1) is 30.4 Å². The Balaban J connectivity index is 1.26. The van der Waals surface area contributed by atoms with E-state index < -0.39 is 18.2 Å². The number of benzene rings is 3. The molecule has 0 unspecified atom stereocenters. The number of rotatable bonds is 8. The number of carbonyl (C=O) groups is 3. The van der Waals surface area contributed by atoms with Crippen molar-refractivity contribution >= 4 is 44.5 Å². The Labute approximate surface area is 257 Å². The zero-order chi connectivity index (χ0) is 31.0. The molecule has 3 heterocycles. The van der Waals surface area contributed by atoms with Gasteiger partial charge in [-0.1, -0.05) is 47.7 Å². The summed E-state index contributed by atoms with van der Waals surface area (Å²) in [6, 6.07) is 17.8. The van der Waals surface area contributed by atoms with Gasteiger partial charge in [-0.25, -0.2) is 14.2 Å². The highest BCUT2D eigenvalue weighted by atomic mass is 32.1. The molecule has 6 rings (SSSR count). The van der Waals surface area contributed by atoms with Gasteiger partial charge in [-0.2, -0.15) is 5.01 Å². The lowest BCUT2D eigenvalue weighted by Crippen LogP contribution is -2.65. The average molecular weight is 618 g/mol. The second kappa shape index (κ2) is 12.1. The first-order valence-corrected chi connectivity index (χ1v) is 14.9. The second-order valence-electron chi connectivity index (χ2n) is 10.8. The number of halogens is 1. The van der Waals surface area contributed by atoms with Crippen molar-refractivity contribution in [3.05, 3.63) is 89.2 Å². The number of amides is 4. The third-order valence-corrected chi connectivity index (χ3v) is 8.92. The maximum atomic E-state index is 14.0. The minimum atomic E-state index is -0.841. The number of methoxy groups -OCH3 is 1. The number of fused-ring (bicyclic) bond motifs is 2. The quantitative estimate of drug-likeness (QED) is 0.311. The van der Waals surface area contributed by atoms with E-state index in [0.29, 0.717) is 10.9 Å². The number of nitrogens with zero attached hydrogens (tertiary/aromatic N) is 5. The van der Waals surface area contributed by atoms with Crippen molar-refractivity contribution in [2.45, 2.75) is 31.7 Å². The number of piperazine rings is 1. The fourth-order valence-corrected chi connectivity index (χ4v) is 6.58. The van der Waals surface area contributed by atoms with Crippen molar-refractivity contribution in [1.82, 2.24) is 30.1 Å². The van der Waals surface area contributed by atoms with E-state index in [1.165, 1.54) is 28.5 Å². The van der Waals surface area contributed by atoms with Crippen molar-refractivity contribution < 1.29 is 23.5 Å². The van der Waals surface area contributed by atoms with E-state index in [-0.39, 0.29) is 50.2 Å². The van der Waals surface area contributed by atoms with Crippen LogP contribution in [-0.4, -0.2) is 82.1 Å². The van der Waals surface area contributed by atoms with Gasteiger partial charge >= 0.3 is 6.03 Å². The fourth-order valence-electron chi connectivity index (χ4n) is 5.80. The molecule has 2 saturated heterocycles. The van der Waals surface area contributed by atoms with E-state index in [4.69, 9.17) is 10.5 Å². The Morgan fingerprint density at radius 2 is 1.84 bits per heavy atom. The van der Waals surface area contributed by atoms with E-state index in [1.54, 1.807) is 41.1 Å². The van der Waals surface area contributed by atoms with Crippen LogP contribution in [0.3, 0.4) is 0 Å². The molecule has 2 aliphatic heterocycles. The minimum Gasteiger partial charge on any atom is -0.497 e. The molecule has 13 heteroatoms. The molecule has 3 aromatic carbocycles. The van der Waals surface area contributed by atoms with Crippen LogP contribution in [0, 0.1) is 5.82 Å². The van der Waals surface area contributed by atoms with Crippen LogP contribution in [0.4, 0.5) is 14.3 Å². The Morgan fingerprint density at radius 1 is 1.11 bits per heavy atom. The lowest BCUT2D eigenvalue weighted by molar-refractivity contribution is -0.157. The molecule has 2 fully saturated rings. The predicted octanol–water partition coefficient (Wildman–Crippen LogP) is 3.21. The topological polar surface area (TPSA) is 124 Å². The highest BCUT2D eigenvalue weighted by Gasteiger charge is 2.51. The van der Waals surface area contributed by atoms with Crippen LogP contribution in [0.1, 0.15) is 16.7 Å². The second-order valence-corrected chi connectivity index (χ2v) is 11.9. The van der Waals surface area contributed by atoms with Crippen LogP contribution in [0.2, 0.25) is 0 Å². The number of nitrogens with one attached hydrogen (secondary N) is 1. The fraction of sp³-hybridized carbons (Fsp3) is 0.290. The zero-order valence-electron chi connectivity index (χ0n) is 24.3. The maximum Gasteiger partial charge on any atom is 0.332 e. The SMILES string of the molecule is COc1ccc(CNC(=O)N(C)N2CC(=O)N3[C@@H](Cc4ccc(F)cc4)C(=O)N(Cc4cccc5sc(N)nc45)C[C@@H]32)cc1. The smallest absolute Gasteiger partial charge is 0.332 e. The number of para-hydroxylation sites is 1. The lowest BCUT2D eigenvalue weighted by Gasteiger charge is -2.45. The molecule has 2 atom stereocenters. The first-order valence-electron chi connectivity index (χ1n) is 14.1. The van der Waals surface area contributed by atoms with Gasteiger partial charge in [0.1, 0.15) is 23.8 Å². The summed E-state index contributed by atoms with van der Waals surface area (Å²) in [5.74, 6) is -0.162. The standard InChI is InChI=1S/C31H32FN7O4S/c1-36(31(42)34-15-20-8-12-23(43-2)13-9-20)38-18-27(40)39-24(14-19-6-10-22(32)11-7-19)29(41)37(17-26(38)39)16-21-4-3-5-25-28(21)35-30(33)44-25/h3-13,24,26H,14-18H2,1-2H3,(H2,33,35)(H,34,42)/t24-,26+/m0/s1. The van der Waals surface area contributed by atoms with E-state index in [2.05, 4.69) is 10.3 Å². The van der Waals surface area contributed by atoms with Crippen molar-refractivity contribution in [3.63, 3.8) is 0 Å². The van der Waals surface area contributed by atoms with Crippen molar-refractivity contribution in [1.29, 1.82) is 0 Å². The summed E-state index contributed by atoms with van der Waals surface area (Å²) in [6.07, 6.45) is -0.394. The Kier molecular flexibility index (Phi) is 8.06. The Hall–Kier alpha value is -4.75. The van der Waals surface area contributed by atoms with Gasteiger partial charge in [0.2, 0.25) is 11.8 Å². The molecule has 0 bridgehead atoms. The summed E-state index contributed by atoms with van der Waals surface area (Å²) >= 11 is 1.37. The summed E-state index contributed by atoms with van der Waals surface area (Å²) in [6.45, 7) is 0.633. The monoisotopic (exact) mass is 617 g/mol. The number of anilines is 1. The molecule has 228 valence electrons. The highest BCUT2D eigenvalue weighted by molar-refractivity contribution is 7.22. The summed E-state index contributed by atoms with van der Waals surface area (Å²) in [5.41, 5.74) is 9.15. The molecule has 2 aliphatic rings. The molecule has 4 aromatic rings. The number of aromatic nitrogens is 1. The number of hydrazine groups is 1. The molecular weight excluding hydrogens is 585 g/mol. The van der Waals surface area contributed by atoms with Gasteiger partial charge in [-0.3, -0.25) is 14.6 Å². The maximum absolute atomic E-state index is 14.0. The van der Waals surface area contributed by atoms with Crippen molar-refractivity contribution in [2.24, 2.45) is 0 Å². The molecular formula is C31H32FN7O4S. The molecule has 3 N–H and O–H groups in total. The van der Waals surface area contributed by atoms with Crippen LogP contribution in [0.25, 0.3) is 10.2 Å². The Bertz CT molecular complexity index is 1700. The highest BCUT2D eigenvalue weighted by Crippen LogP contribution is 2.32. The van der Waals surface area contributed by atoms with Crippen LogP contribution >= 0.6 is 11.3 Å². The summed E-state index contributed by atoms with van der Waals surface area (Å²) in [7, 11) is 3.19. The third-order valence-electron chi connectivity index (χ3n) is 8.07. The van der Waals surface area contributed by atoms with Crippen LogP contribution in [-0.2, 0) is 29.1 Å². The van der Waals surface area contributed by atoms with Gasteiger partial charge in [-0.05, 0) is 47.0 Å². The number of hydrogen-bond acceptors (Lipinski definition) is 8. The predicted molar refractivity (Wildman–Crippen MR) is 164 cm³/mol. The van der Waals surface area contributed by atoms with Crippen LogP contribution in [0.15, 0.2) is 66.7 Å². The third kappa shape index (κ3) is 5.75. The van der Waals surface area contributed by atoms with E-state index in [0.717, 1.165) is 26.9 Å². The normalized spacial score (nSPS) is 18.5. The lowest BCUT2D eigenvalue weighted by atomic mass is 10.00. The van der Waals surface area contributed by atoms with E-state index in [9.17, 15) is 18.8 Å². The number of hydrogen-bond donors (Lipinski definition) is 2. The van der Waals surface area contributed by atoms with Gasteiger partial charge in [0.15, 0.2) is 5.13 Å². The molecule has 4 amide bonds. The Morgan fingerprint density at radius 3 is 2.57 bits per heavy atom. The van der Waals surface area contributed by atoms with E-state index in [1.807, 2.05) is 42.5 Å². The number of ether oxygens (including phenoxy) is 1. The number of nitrogen functional groups attached to an aromatic ring is 1. The zero-order valence-corrected chi connectivity index (χ0v) is 25.1. The largest absolute Gasteiger partial charge is 0.497 e. The minimum absolute atomic E-state index is 0.0731. The summed E-state index contributed by atoms with van der Waals surface area (Å²) < 4.78 is 19.8. The molecule has 0 saturated carbocycles. The first kappa shape index (κ1) is 29.3. The van der Waals surface area contributed by atoms with Gasteiger partial charge < -0.3 is 25.6 Å². The van der Waals surface area contributed by atoms with Crippen molar-refractivity contribution in [3.8, 4) is 5.75 Å². The molecule has 44 heavy (non-hydrogen) atoms. The van der Waals surface area contributed by atoms with Crippen LogP contribution < -0.4 is 15.8 Å². The molecule has 0 spiro atoms. The molecule has 0 radical (unpaired) electrons. The first-order chi connectivity index (χ1) is 21.2. The van der Waals surface area contributed by atoms with Gasteiger partial charge in [0.25, 0.3) is 0 Å². The summed E-state index contributed by atoms with van der Waals surface area (Å²) in [5, 5.41) is 6.42. The van der Waals surface area contributed by atoms with Crippen LogP contribution in [0.5, 0.6) is 5.75 Å². The van der Waals surface area contributed by atoms with Gasteiger partial charge in [-0.15, -0.1) is 0 Å². The number of nitrogens with two attached hydrogens (primary N) is 1. The number of urea groups is 1. The van der Waals surface area contributed by atoms with E-state index >= 15 is 0 Å². The van der Waals surface area contributed by atoms with Gasteiger partial charge in [0, 0.05) is 26.6 Å². The molecule has 0 aliphatic carbocycles. The number of thiazole rings is 1. The molecule has 11 nitrogen and oxygen atoms in total. The number of carbonyl (C=O) groups excluding carboxylic acids is 3. The summed E-state index contributed by atoms with van der Waals surface area (Å²) in [4.78, 5) is 48.6. The van der Waals surface area contributed by atoms with Crippen molar-refractivity contribution in [2.75, 3.05) is 33.0 Å². The average Bonchev–Trinajstić information content (AvgIpc) is 3.57.